The molecule has 5 rings (SSSR count). The summed E-state index contributed by atoms with van der Waals surface area (Å²) in [5.41, 5.74) is 1.24. The van der Waals surface area contributed by atoms with E-state index in [1.54, 1.807) is 12.3 Å². The molecule has 2 N–H and O–H groups in total. The molecule has 0 saturated heterocycles. The Labute approximate surface area is 225 Å². The lowest BCUT2D eigenvalue weighted by Crippen LogP contribution is -2.38. The van der Waals surface area contributed by atoms with Gasteiger partial charge in [-0.1, -0.05) is 0 Å². The molecule has 0 radical (unpaired) electrons. The lowest BCUT2D eigenvalue weighted by atomic mass is 9.81. The van der Waals surface area contributed by atoms with Crippen molar-refractivity contribution < 1.29 is 40.3 Å². The molecule has 0 aromatic carbocycles. The monoisotopic (exact) mass is 577 g/mol. The van der Waals surface area contributed by atoms with E-state index in [9.17, 15) is 40.3 Å². The average molecular weight is 578 g/mol. The van der Waals surface area contributed by atoms with Gasteiger partial charge in [0.15, 0.2) is 5.65 Å². The molecule has 40 heavy (non-hydrogen) atoms. The zero-order valence-electron chi connectivity index (χ0n) is 21.4. The van der Waals surface area contributed by atoms with Crippen molar-refractivity contribution in [3.63, 3.8) is 0 Å². The van der Waals surface area contributed by atoms with E-state index in [2.05, 4.69) is 20.7 Å². The Bertz CT molecular complexity index is 1240. The molecule has 3 aliphatic carbocycles. The fourth-order valence-corrected chi connectivity index (χ4v) is 5.52. The van der Waals surface area contributed by atoms with Crippen LogP contribution in [0, 0.1) is 23.7 Å². The van der Waals surface area contributed by atoms with Gasteiger partial charge in [0.25, 0.3) is 0 Å². The average Bonchev–Trinajstić information content (AvgIpc) is 3.80. The largest absolute Gasteiger partial charge is 0.389 e. The maximum atomic E-state index is 13.9. The molecule has 2 amide bonds. The van der Waals surface area contributed by atoms with Crippen LogP contribution in [0.25, 0.3) is 5.65 Å². The zero-order chi connectivity index (χ0) is 28.8. The first-order valence-electron chi connectivity index (χ1n) is 13.5. The number of hydrogen-bond donors (Lipinski definition) is 2. The van der Waals surface area contributed by atoms with Gasteiger partial charge >= 0.3 is 6.18 Å². The topological polar surface area (TPSA) is 88.4 Å². The van der Waals surface area contributed by atoms with Crippen LogP contribution in [0.3, 0.4) is 0 Å². The van der Waals surface area contributed by atoms with Crippen molar-refractivity contribution in [2.75, 3.05) is 0 Å². The third kappa shape index (κ3) is 6.85. The number of nitrogens with one attached hydrogen (secondary N) is 2. The minimum Gasteiger partial charge on any atom is -0.349 e. The fraction of sp³-hybridized carbons (Fsp3) is 0.692. The maximum absolute atomic E-state index is 13.9. The Balaban J connectivity index is 1.36. The van der Waals surface area contributed by atoms with Crippen molar-refractivity contribution in [3.8, 4) is 0 Å². The molecule has 0 spiro atoms. The molecule has 3 saturated carbocycles. The summed E-state index contributed by atoms with van der Waals surface area (Å²) in [4.78, 5) is 29.6. The molecule has 3 fully saturated rings. The number of alkyl halides is 7. The number of rotatable bonds is 10. The maximum Gasteiger partial charge on any atom is 0.389 e. The molecule has 14 heteroatoms. The number of imidazole rings is 1. The van der Waals surface area contributed by atoms with Gasteiger partial charge in [0.2, 0.25) is 24.2 Å². The van der Waals surface area contributed by atoms with Crippen molar-refractivity contribution in [2.45, 2.75) is 88.4 Å². The van der Waals surface area contributed by atoms with E-state index in [1.165, 1.54) is 10.7 Å². The number of aromatic nitrogens is 3. The van der Waals surface area contributed by atoms with Crippen LogP contribution < -0.4 is 10.6 Å². The van der Waals surface area contributed by atoms with E-state index in [0.717, 1.165) is 12.8 Å². The standard InChI is InChI=1S/C26H30F7N5O2/c27-23(28)16-10-17(16)24(40)37-22(14-3-6-25(29,30)7-4-14)18-12-38-19(35-18)9-15(11-34-38)21(13-1-2-13)36-20(39)5-8-26(31,32)33/h9,11-14,16-17,21-23H,1-8,10H2,(H,36,39)(H,37,40)/t16?,17-,21?,22-/m0/s1. The van der Waals surface area contributed by atoms with E-state index in [1.807, 2.05) is 0 Å². The van der Waals surface area contributed by atoms with Gasteiger partial charge < -0.3 is 10.6 Å². The minimum absolute atomic E-state index is 0.0470. The summed E-state index contributed by atoms with van der Waals surface area (Å²) in [6.45, 7) is 0. The van der Waals surface area contributed by atoms with Crippen LogP contribution in [0.2, 0.25) is 0 Å². The first kappa shape index (κ1) is 28.6. The summed E-state index contributed by atoms with van der Waals surface area (Å²) < 4.78 is 92.9. The Morgan fingerprint density at radius 2 is 1.73 bits per heavy atom. The van der Waals surface area contributed by atoms with Crippen molar-refractivity contribution in [1.82, 2.24) is 25.2 Å². The fourth-order valence-electron chi connectivity index (χ4n) is 5.52. The highest BCUT2D eigenvalue weighted by molar-refractivity contribution is 5.82. The van der Waals surface area contributed by atoms with Crippen LogP contribution in [0.5, 0.6) is 0 Å². The normalized spacial score (nSPS) is 24.6. The van der Waals surface area contributed by atoms with Crippen LogP contribution in [0.15, 0.2) is 18.5 Å². The molecule has 2 aromatic rings. The van der Waals surface area contributed by atoms with E-state index in [-0.39, 0.29) is 43.9 Å². The SMILES string of the molecule is O=C(CCC(F)(F)F)NC(c1cnn2cc([C@@H](NC(=O)[C@H]3CC3C(F)F)C3CCC(F)(F)CC3)nc2c1)C1CC1. The zero-order valence-corrected chi connectivity index (χ0v) is 21.4. The second kappa shape index (κ2) is 10.8. The van der Waals surface area contributed by atoms with E-state index in [0.29, 0.717) is 16.9 Å². The Morgan fingerprint density at radius 3 is 2.33 bits per heavy atom. The second-order valence-corrected chi connectivity index (χ2v) is 11.3. The summed E-state index contributed by atoms with van der Waals surface area (Å²) >= 11 is 0. The summed E-state index contributed by atoms with van der Waals surface area (Å²) in [7, 11) is 0. The summed E-state index contributed by atoms with van der Waals surface area (Å²) in [5.74, 6) is -6.29. The third-order valence-corrected chi connectivity index (χ3v) is 8.11. The van der Waals surface area contributed by atoms with Gasteiger partial charge in [-0.25, -0.2) is 27.1 Å². The number of amides is 2. The first-order chi connectivity index (χ1) is 18.8. The molecular formula is C26H30F7N5O2. The highest BCUT2D eigenvalue weighted by Crippen LogP contribution is 2.46. The third-order valence-electron chi connectivity index (χ3n) is 8.11. The molecule has 3 aliphatic rings. The second-order valence-electron chi connectivity index (χ2n) is 11.3. The van der Waals surface area contributed by atoms with E-state index < -0.39 is 67.1 Å². The van der Waals surface area contributed by atoms with Crippen LogP contribution >= 0.6 is 0 Å². The number of carbonyl (C=O) groups is 2. The molecule has 2 unspecified atom stereocenters. The van der Waals surface area contributed by atoms with E-state index >= 15 is 0 Å². The predicted molar refractivity (Wildman–Crippen MR) is 127 cm³/mol. The van der Waals surface area contributed by atoms with Crippen molar-refractivity contribution in [3.05, 3.63) is 29.7 Å². The molecule has 4 atom stereocenters. The lowest BCUT2D eigenvalue weighted by molar-refractivity contribution is -0.144. The number of hydrogen-bond acceptors (Lipinski definition) is 4. The highest BCUT2D eigenvalue weighted by atomic mass is 19.4. The number of halogens is 7. The molecule has 2 heterocycles. The Morgan fingerprint density at radius 1 is 1.05 bits per heavy atom. The van der Waals surface area contributed by atoms with Crippen molar-refractivity contribution in [1.29, 1.82) is 0 Å². The Hall–Kier alpha value is -2.93. The van der Waals surface area contributed by atoms with Crippen molar-refractivity contribution >= 4 is 17.5 Å². The minimum atomic E-state index is -4.45. The summed E-state index contributed by atoms with van der Waals surface area (Å²) in [6, 6.07) is 0.315. The van der Waals surface area contributed by atoms with Gasteiger partial charge in [-0.15, -0.1) is 0 Å². The number of carbonyl (C=O) groups excluding carboxylic acids is 2. The predicted octanol–water partition coefficient (Wildman–Crippen LogP) is 5.52. The van der Waals surface area contributed by atoms with Crippen LogP contribution in [0.4, 0.5) is 30.7 Å². The van der Waals surface area contributed by atoms with Crippen LogP contribution in [-0.4, -0.2) is 44.9 Å². The van der Waals surface area contributed by atoms with Gasteiger partial charge in [0.1, 0.15) is 0 Å². The van der Waals surface area contributed by atoms with Gasteiger partial charge in [-0.05, 0) is 55.6 Å². The quantitative estimate of drug-likeness (QED) is 0.364. The summed E-state index contributed by atoms with van der Waals surface area (Å²) in [6.07, 6.45) is -4.81. The van der Waals surface area contributed by atoms with Crippen molar-refractivity contribution in [2.24, 2.45) is 23.7 Å². The molecule has 220 valence electrons. The molecule has 7 nitrogen and oxygen atoms in total. The smallest absolute Gasteiger partial charge is 0.349 e. The van der Waals surface area contributed by atoms with Crippen LogP contribution in [-0.2, 0) is 9.59 Å². The molecule has 0 bridgehead atoms. The molecule has 2 aromatic heterocycles. The highest BCUT2D eigenvalue weighted by Gasteiger charge is 2.50. The van der Waals surface area contributed by atoms with Crippen LogP contribution in [0.1, 0.15) is 81.1 Å². The number of nitrogens with zero attached hydrogens (tertiary/aromatic N) is 3. The van der Waals surface area contributed by atoms with Gasteiger partial charge in [0.05, 0.1) is 36.6 Å². The molecular weight excluding hydrogens is 547 g/mol. The van der Waals surface area contributed by atoms with E-state index in [4.69, 9.17) is 0 Å². The summed E-state index contributed by atoms with van der Waals surface area (Å²) in [5, 5.41) is 9.79. The number of fused-ring (bicyclic) bond motifs is 1. The lowest BCUT2D eigenvalue weighted by Gasteiger charge is -2.33. The Kier molecular flexibility index (Phi) is 7.73. The molecule has 0 aliphatic heterocycles. The first-order valence-corrected chi connectivity index (χ1v) is 13.5. The van der Waals surface area contributed by atoms with Gasteiger partial charge in [-0.2, -0.15) is 18.3 Å². The van der Waals surface area contributed by atoms with Gasteiger partial charge in [0, 0.05) is 31.1 Å². The van der Waals surface area contributed by atoms with Gasteiger partial charge in [-0.3, -0.25) is 9.59 Å².